The summed E-state index contributed by atoms with van der Waals surface area (Å²) in [6, 6.07) is 2.05. The van der Waals surface area contributed by atoms with E-state index in [0.29, 0.717) is 5.65 Å². The molecule has 1 N–H and O–H groups in total. The van der Waals surface area contributed by atoms with E-state index in [2.05, 4.69) is 16.8 Å². The maximum absolute atomic E-state index is 11.0. The fraction of sp³-hybridized carbons (Fsp3) is 0.429. The number of rotatable bonds is 5. The maximum atomic E-state index is 11.0. The molecule has 0 atom stereocenters. The second-order valence-electron chi connectivity index (χ2n) is 4.82. The summed E-state index contributed by atoms with van der Waals surface area (Å²) >= 11 is 0. The number of fused-ring (bicyclic) bond motifs is 1. The first kappa shape index (κ1) is 13.4. The van der Waals surface area contributed by atoms with Gasteiger partial charge in [0.25, 0.3) is 0 Å². The van der Waals surface area contributed by atoms with E-state index < -0.39 is 5.97 Å². The minimum absolute atomic E-state index is 0.0801. The van der Waals surface area contributed by atoms with Crippen LogP contribution in [0.1, 0.15) is 35.8 Å². The highest BCUT2D eigenvalue weighted by atomic mass is 16.4. The van der Waals surface area contributed by atoms with Crippen LogP contribution in [-0.2, 0) is 0 Å². The lowest BCUT2D eigenvalue weighted by molar-refractivity contribution is 0.0691. The number of carbonyl (C=O) groups is 1. The van der Waals surface area contributed by atoms with Crippen LogP contribution in [0.3, 0.4) is 0 Å². The lowest BCUT2D eigenvalue weighted by Crippen LogP contribution is -2.18. The molecule has 0 spiro atoms. The van der Waals surface area contributed by atoms with Gasteiger partial charge in [-0.1, -0.05) is 13.3 Å². The Labute approximate surface area is 112 Å². The van der Waals surface area contributed by atoms with Crippen molar-refractivity contribution in [3.8, 4) is 0 Å². The molecule has 19 heavy (non-hydrogen) atoms. The van der Waals surface area contributed by atoms with Gasteiger partial charge in [-0.2, -0.15) is 0 Å². The number of unbranched alkanes of at least 4 members (excludes halogenated alkanes) is 1. The van der Waals surface area contributed by atoms with Gasteiger partial charge in [-0.25, -0.2) is 9.78 Å². The number of imidazole rings is 1. The predicted molar refractivity (Wildman–Crippen MR) is 75.1 cm³/mol. The topological polar surface area (TPSA) is 57.8 Å². The van der Waals surface area contributed by atoms with Gasteiger partial charge in [-0.3, -0.25) is 0 Å². The number of aromatic carboxylic acids is 1. The monoisotopic (exact) mass is 261 g/mol. The lowest BCUT2D eigenvalue weighted by atomic mass is 10.2. The van der Waals surface area contributed by atoms with Crippen LogP contribution in [0.2, 0.25) is 0 Å². The van der Waals surface area contributed by atoms with Gasteiger partial charge < -0.3 is 14.4 Å². The van der Waals surface area contributed by atoms with Gasteiger partial charge in [0.05, 0.1) is 5.69 Å². The Morgan fingerprint density at radius 2 is 2.21 bits per heavy atom. The predicted octanol–water partition coefficient (Wildman–Crippen LogP) is 2.58. The molecule has 102 valence electrons. The number of nitrogens with zero attached hydrogens (tertiary/aromatic N) is 3. The molecule has 0 fully saturated rings. The van der Waals surface area contributed by atoms with Crippen molar-refractivity contribution in [2.75, 3.05) is 18.5 Å². The molecule has 0 saturated heterocycles. The van der Waals surface area contributed by atoms with Crippen molar-refractivity contribution in [1.82, 2.24) is 9.38 Å². The molecule has 0 aliphatic rings. The minimum Gasteiger partial charge on any atom is -0.476 e. The van der Waals surface area contributed by atoms with E-state index in [0.717, 1.165) is 30.6 Å². The second kappa shape index (κ2) is 5.30. The van der Waals surface area contributed by atoms with Crippen LogP contribution in [-0.4, -0.2) is 34.1 Å². The average molecular weight is 261 g/mol. The first-order valence-corrected chi connectivity index (χ1v) is 6.46. The molecular formula is C14H19N3O2. The Hall–Kier alpha value is -2.04. The summed E-state index contributed by atoms with van der Waals surface area (Å²) in [5, 5.41) is 8.99. The Morgan fingerprint density at radius 3 is 2.84 bits per heavy atom. The van der Waals surface area contributed by atoms with Crippen LogP contribution in [0.5, 0.6) is 0 Å². The van der Waals surface area contributed by atoms with E-state index in [-0.39, 0.29) is 5.69 Å². The zero-order valence-corrected chi connectivity index (χ0v) is 11.6. The number of aryl methyl sites for hydroxylation is 1. The molecule has 2 aromatic rings. The first-order valence-electron chi connectivity index (χ1n) is 6.46. The number of hydrogen-bond acceptors (Lipinski definition) is 3. The first-order chi connectivity index (χ1) is 9.02. The van der Waals surface area contributed by atoms with E-state index in [1.807, 2.05) is 26.2 Å². The third-order valence-corrected chi connectivity index (χ3v) is 3.23. The van der Waals surface area contributed by atoms with Gasteiger partial charge in [0, 0.05) is 26.0 Å². The van der Waals surface area contributed by atoms with Crippen LogP contribution in [0.4, 0.5) is 5.69 Å². The number of anilines is 1. The number of hydrogen-bond donors (Lipinski definition) is 1. The normalized spacial score (nSPS) is 10.9. The van der Waals surface area contributed by atoms with Crippen LogP contribution >= 0.6 is 0 Å². The lowest BCUT2D eigenvalue weighted by Gasteiger charge is -2.19. The van der Waals surface area contributed by atoms with Gasteiger partial charge in [0.15, 0.2) is 5.69 Å². The molecule has 5 heteroatoms. The molecule has 0 unspecified atom stereocenters. The summed E-state index contributed by atoms with van der Waals surface area (Å²) in [6.45, 7) is 5.10. The fourth-order valence-corrected chi connectivity index (χ4v) is 2.09. The summed E-state index contributed by atoms with van der Waals surface area (Å²) in [6.07, 6.45) is 5.77. The Bertz CT molecular complexity index is 604. The number of carboxylic acids is 1. The molecule has 2 heterocycles. The van der Waals surface area contributed by atoms with Crippen molar-refractivity contribution < 1.29 is 9.90 Å². The van der Waals surface area contributed by atoms with Crippen molar-refractivity contribution in [3.63, 3.8) is 0 Å². The van der Waals surface area contributed by atoms with Crippen LogP contribution in [0, 0.1) is 6.92 Å². The Morgan fingerprint density at radius 1 is 1.47 bits per heavy atom. The van der Waals surface area contributed by atoms with Crippen molar-refractivity contribution >= 4 is 17.3 Å². The maximum Gasteiger partial charge on any atom is 0.356 e. The highest BCUT2D eigenvalue weighted by Gasteiger charge is 2.12. The van der Waals surface area contributed by atoms with Gasteiger partial charge in [-0.05, 0) is 25.0 Å². The summed E-state index contributed by atoms with van der Waals surface area (Å²) in [5.41, 5.74) is 2.84. The largest absolute Gasteiger partial charge is 0.476 e. The van der Waals surface area contributed by atoms with Crippen molar-refractivity contribution in [1.29, 1.82) is 0 Å². The van der Waals surface area contributed by atoms with Crippen LogP contribution in [0.15, 0.2) is 18.5 Å². The highest BCUT2D eigenvalue weighted by molar-refractivity contribution is 5.86. The molecule has 0 bridgehead atoms. The van der Waals surface area contributed by atoms with Crippen LogP contribution < -0.4 is 4.90 Å². The molecule has 2 aromatic heterocycles. The van der Waals surface area contributed by atoms with Crippen molar-refractivity contribution in [2.45, 2.75) is 26.7 Å². The summed E-state index contributed by atoms with van der Waals surface area (Å²) in [4.78, 5) is 17.3. The molecule has 0 radical (unpaired) electrons. The van der Waals surface area contributed by atoms with E-state index in [9.17, 15) is 4.79 Å². The molecular weight excluding hydrogens is 242 g/mol. The molecule has 0 saturated carbocycles. The standard InChI is InChI=1S/C14H19N3O2/c1-4-5-6-16(3)11-7-10(2)13-15-12(14(18)19)9-17(13)8-11/h7-9H,4-6H2,1-3H3,(H,18,19). The number of carboxylic acid groups (broad SMARTS) is 1. The van der Waals surface area contributed by atoms with Crippen molar-refractivity contribution in [2.24, 2.45) is 0 Å². The molecule has 5 nitrogen and oxygen atoms in total. The number of aromatic nitrogens is 2. The van der Waals surface area contributed by atoms with Crippen molar-refractivity contribution in [3.05, 3.63) is 29.7 Å². The molecule has 2 rings (SSSR count). The third-order valence-electron chi connectivity index (χ3n) is 3.23. The van der Waals surface area contributed by atoms with Gasteiger partial charge in [0.2, 0.25) is 0 Å². The van der Waals surface area contributed by atoms with Gasteiger partial charge in [-0.15, -0.1) is 0 Å². The molecule has 0 aliphatic carbocycles. The van der Waals surface area contributed by atoms with Gasteiger partial charge >= 0.3 is 5.97 Å². The fourth-order valence-electron chi connectivity index (χ4n) is 2.09. The smallest absolute Gasteiger partial charge is 0.356 e. The van der Waals surface area contributed by atoms with E-state index in [1.165, 1.54) is 0 Å². The Kier molecular flexibility index (Phi) is 3.74. The highest BCUT2D eigenvalue weighted by Crippen LogP contribution is 2.19. The van der Waals surface area contributed by atoms with E-state index in [4.69, 9.17) is 5.11 Å². The van der Waals surface area contributed by atoms with E-state index >= 15 is 0 Å². The van der Waals surface area contributed by atoms with Gasteiger partial charge in [0.1, 0.15) is 5.65 Å². The zero-order chi connectivity index (χ0) is 14.0. The SMILES string of the molecule is CCCCN(C)c1cc(C)c2nc(C(=O)O)cn2c1. The van der Waals surface area contributed by atoms with E-state index in [1.54, 1.807) is 10.6 Å². The summed E-state index contributed by atoms with van der Waals surface area (Å²) in [7, 11) is 2.05. The summed E-state index contributed by atoms with van der Waals surface area (Å²) in [5.74, 6) is -0.996. The number of pyridine rings is 1. The zero-order valence-electron chi connectivity index (χ0n) is 11.6. The average Bonchev–Trinajstić information content (AvgIpc) is 2.80. The second-order valence-corrected chi connectivity index (χ2v) is 4.82. The van der Waals surface area contributed by atoms with Crippen LogP contribution in [0.25, 0.3) is 5.65 Å². The molecule has 0 aliphatic heterocycles. The minimum atomic E-state index is -0.996. The molecule has 0 aromatic carbocycles. The third kappa shape index (κ3) is 2.70. The quantitative estimate of drug-likeness (QED) is 0.898. The summed E-state index contributed by atoms with van der Waals surface area (Å²) < 4.78 is 1.79. The Balaban J connectivity index is 2.40. The molecule has 0 amide bonds.